The fourth-order valence-electron chi connectivity index (χ4n) is 1.78. The first-order valence-corrected chi connectivity index (χ1v) is 5.96. The van der Waals surface area contributed by atoms with Crippen molar-refractivity contribution >= 4 is 18.3 Å². The van der Waals surface area contributed by atoms with Crippen LogP contribution in [0.1, 0.15) is 17.2 Å². The number of rotatable bonds is 3. The number of aryl methyl sites for hydroxylation is 1. The Labute approximate surface area is 125 Å². The van der Waals surface area contributed by atoms with Crippen molar-refractivity contribution in [1.29, 1.82) is 0 Å². The summed E-state index contributed by atoms with van der Waals surface area (Å²) < 4.78 is 37.8. The minimum atomic E-state index is -4.53. The lowest BCUT2D eigenvalue weighted by atomic mass is 10.3. The van der Waals surface area contributed by atoms with Gasteiger partial charge in [0.15, 0.2) is 0 Å². The van der Waals surface area contributed by atoms with Crippen LogP contribution in [0.5, 0.6) is 0 Å². The summed E-state index contributed by atoms with van der Waals surface area (Å²) in [6.45, 7) is 1.90. The summed E-state index contributed by atoms with van der Waals surface area (Å²) in [6, 6.07) is 0.411. The summed E-state index contributed by atoms with van der Waals surface area (Å²) in [5.41, 5.74) is -0.802. The Morgan fingerprint density at radius 1 is 1.48 bits per heavy atom. The van der Waals surface area contributed by atoms with Crippen LogP contribution < -0.4 is 10.6 Å². The molecule has 1 unspecified atom stereocenters. The van der Waals surface area contributed by atoms with Gasteiger partial charge >= 0.3 is 6.18 Å². The van der Waals surface area contributed by atoms with Gasteiger partial charge in [0.2, 0.25) is 5.91 Å². The van der Waals surface area contributed by atoms with Gasteiger partial charge < -0.3 is 5.32 Å². The van der Waals surface area contributed by atoms with Crippen molar-refractivity contribution in [2.24, 2.45) is 0 Å². The summed E-state index contributed by atoms with van der Waals surface area (Å²) in [6.07, 6.45) is -1.04. The molecule has 21 heavy (non-hydrogen) atoms. The summed E-state index contributed by atoms with van der Waals surface area (Å²) in [5, 5.41) is 5.40. The molecule has 1 aromatic rings. The van der Waals surface area contributed by atoms with Crippen molar-refractivity contribution in [1.82, 2.24) is 20.6 Å². The number of carbonyl (C=O) groups is 1. The maximum absolute atomic E-state index is 12.6. The second-order valence-corrected chi connectivity index (χ2v) is 4.34. The lowest BCUT2D eigenvalue weighted by molar-refractivity contribution is -0.141. The fraction of sp³-hybridized carbons (Fsp3) is 0.417. The van der Waals surface area contributed by atoms with Crippen molar-refractivity contribution in [2.75, 3.05) is 6.54 Å². The third-order valence-electron chi connectivity index (χ3n) is 2.68. The van der Waals surface area contributed by atoms with Gasteiger partial charge in [0.05, 0.1) is 6.54 Å². The van der Waals surface area contributed by atoms with Crippen LogP contribution in [0.2, 0.25) is 0 Å². The normalized spacial score (nSPS) is 17.4. The predicted octanol–water partition coefficient (Wildman–Crippen LogP) is 1.37. The number of hydrogen-bond acceptors (Lipinski definition) is 4. The van der Waals surface area contributed by atoms with Gasteiger partial charge in [0.25, 0.3) is 0 Å². The Balaban J connectivity index is 0.00000220. The van der Waals surface area contributed by atoms with Crippen LogP contribution in [-0.4, -0.2) is 28.5 Å². The fourth-order valence-corrected chi connectivity index (χ4v) is 1.78. The SMILES string of the molecule is Cc1cc(C(F)(F)F)nc(CNC(=O)C2C=CCN2)n1.Cl. The van der Waals surface area contributed by atoms with Crippen molar-refractivity contribution in [3.63, 3.8) is 0 Å². The average Bonchev–Trinajstić information content (AvgIpc) is 2.88. The van der Waals surface area contributed by atoms with Gasteiger partial charge in [-0.1, -0.05) is 12.2 Å². The molecular weight excluding hydrogens is 309 g/mol. The molecule has 5 nitrogen and oxygen atoms in total. The number of carbonyl (C=O) groups excluding carboxylic acids is 1. The van der Waals surface area contributed by atoms with E-state index in [9.17, 15) is 18.0 Å². The van der Waals surface area contributed by atoms with E-state index in [0.717, 1.165) is 6.07 Å². The molecule has 9 heteroatoms. The van der Waals surface area contributed by atoms with Crippen LogP contribution in [0.4, 0.5) is 13.2 Å². The molecule has 0 radical (unpaired) electrons. The Kier molecular flexibility index (Phi) is 5.68. The zero-order chi connectivity index (χ0) is 14.8. The minimum Gasteiger partial charge on any atom is -0.347 e. The van der Waals surface area contributed by atoms with Crippen LogP contribution in [0, 0.1) is 6.92 Å². The van der Waals surface area contributed by atoms with Gasteiger partial charge in [-0.15, -0.1) is 12.4 Å². The van der Waals surface area contributed by atoms with Crippen LogP contribution in [0.15, 0.2) is 18.2 Å². The Morgan fingerprint density at radius 3 is 2.76 bits per heavy atom. The highest BCUT2D eigenvalue weighted by Crippen LogP contribution is 2.27. The van der Waals surface area contributed by atoms with E-state index < -0.39 is 17.9 Å². The highest BCUT2D eigenvalue weighted by atomic mass is 35.5. The smallest absolute Gasteiger partial charge is 0.347 e. The largest absolute Gasteiger partial charge is 0.433 e. The second-order valence-electron chi connectivity index (χ2n) is 4.34. The van der Waals surface area contributed by atoms with Gasteiger partial charge in [-0.05, 0) is 13.0 Å². The standard InChI is InChI=1S/C12H13F3N4O.ClH/c1-7-5-9(12(13,14)15)19-10(18-7)6-17-11(20)8-3-2-4-16-8;/h2-3,5,8,16H,4,6H2,1H3,(H,17,20);1H. The quantitative estimate of drug-likeness (QED) is 0.825. The maximum Gasteiger partial charge on any atom is 0.433 e. The van der Waals surface area contributed by atoms with Crippen molar-refractivity contribution in [3.05, 3.63) is 35.4 Å². The number of halogens is 4. The Bertz CT molecular complexity index is 548. The van der Waals surface area contributed by atoms with E-state index in [-0.39, 0.29) is 36.4 Å². The van der Waals surface area contributed by atoms with Crippen LogP contribution in [-0.2, 0) is 17.5 Å². The number of nitrogens with zero attached hydrogens (tertiary/aromatic N) is 2. The minimum absolute atomic E-state index is 0. The molecule has 1 amide bonds. The molecule has 2 N–H and O–H groups in total. The van der Waals surface area contributed by atoms with E-state index in [0.29, 0.717) is 6.54 Å². The number of aromatic nitrogens is 2. The molecular formula is C12H14ClF3N4O. The zero-order valence-electron chi connectivity index (χ0n) is 11.1. The Hall–Kier alpha value is -1.67. The molecule has 0 aliphatic carbocycles. The first-order chi connectivity index (χ1) is 9.36. The van der Waals surface area contributed by atoms with Crippen molar-refractivity contribution in [3.8, 4) is 0 Å². The molecule has 0 saturated carbocycles. The van der Waals surface area contributed by atoms with E-state index in [1.807, 2.05) is 0 Å². The highest BCUT2D eigenvalue weighted by molar-refractivity contribution is 5.85. The number of amides is 1. The molecule has 2 rings (SSSR count). The lowest BCUT2D eigenvalue weighted by Crippen LogP contribution is -2.40. The molecule has 116 valence electrons. The summed E-state index contributed by atoms with van der Waals surface area (Å²) in [7, 11) is 0. The molecule has 0 bridgehead atoms. The van der Waals surface area contributed by atoms with Crippen LogP contribution in [0.25, 0.3) is 0 Å². The van der Waals surface area contributed by atoms with Crippen molar-refractivity contribution < 1.29 is 18.0 Å². The van der Waals surface area contributed by atoms with Gasteiger partial charge in [-0.25, -0.2) is 9.97 Å². The maximum atomic E-state index is 12.6. The van der Waals surface area contributed by atoms with E-state index in [2.05, 4.69) is 20.6 Å². The molecule has 1 aromatic heterocycles. The molecule has 0 spiro atoms. The van der Waals surface area contributed by atoms with Gasteiger partial charge in [0, 0.05) is 12.2 Å². The number of alkyl halides is 3. The first-order valence-electron chi connectivity index (χ1n) is 5.96. The molecule has 1 aliphatic heterocycles. The van der Waals surface area contributed by atoms with E-state index >= 15 is 0 Å². The van der Waals surface area contributed by atoms with Gasteiger partial charge in [0.1, 0.15) is 17.6 Å². The summed E-state index contributed by atoms with van der Waals surface area (Å²) in [4.78, 5) is 19.0. The van der Waals surface area contributed by atoms with E-state index in [1.165, 1.54) is 6.92 Å². The number of nitrogens with one attached hydrogen (secondary N) is 2. The predicted molar refractivity (Wildman–Crippen MR) is 71.8 cm³/mol. The second kappa shape index (κ2) is 6.86. The van der Waals surface area contributed by atoms with Gasteiger partial charge in [-0.3, -0.25) is 10.1 Å². The zero-order valence-corrected chi connectivity index (χ0v) is 11.9. The number of hydrogen-bond donors (Lipinski definition) is 2. The third-order valence-corrected chi connectivity index (χ3v) is 2.68. The summed E-state index contributed by atoms with van der Waals surface area (Å²) >= 11 is 0. The topological polar surface area (TPSA) is 66.9 Å². The molecule has 2 heterocycles. The third kappa shape index (κ3) is 4.68. The molecule has 0 fully saturated rings. The molecule has 1 aliphatic rings. The summed E-state index contributed by atoms with van der Waals surface area (Å²) in [5.74, 6) is -0.384. The average molecular weight is 323 g/mol. The Morgan fingerprint density at radius 2 is 2.19 bits per heavy atom. The lowest BCUT2D eigenvalue weighted by Gasteiger charge is -2.11. The van der Waals surface area contributed by atoms with Gasteiger partial charge in [-0.2, -0.15) is 13.2 Å². The van der Waals surface area contributed by atoms with Crippen molar-refractivity contribution in [2.45, 2.75) is 25.7 Å². The molecule has 0 aromatic carbocycles. The van der Waals surface area contributed by atoms with Crippen LogP contribution >= 0.6 is 12.4 Å². The van der Waals surface area contributed by atoms with Crippen LogP contribution in [0.3, 0.4) is 0 Å². The molecule has 0 saturated heterocycles. The molecule has 1 atom stereocenters. The first kappa shape index (κ1) is 17.4. The highest BCUT2D eigenvalue weighted by Gasteiger charge is 2.33. The van der Waals surface area contributed by atoms with E-state index in [1.54, 1.807) is 12.2 Å². The monoisotopic (exact) mass is 322 g/mol. The van der Waals surface area contributed by atoms with E-state index in [4.69, 9.17) is 0 Å².